The van der Waals surface area contributed by atoms with Crippen molar-refractivity contribution in [1.82, 2.24) is 0 Å². The van der Waals surface area contributed by atoms with Gasteiger partial charge >= 0.3 is 0 Å². The summed E-state index contributed by atoms with van der Waals surface area (Å²) >= 11 is 0. The lowest BCUT2D eigenvalue weighted by atomic mass is 9.87. The molecule has 10 aromatic carbocycles. The van der Waals surface area contributed by atoms with Gasteiger partial charge in [0.05, 0.1) is 0 Å². The maximum atomic E-state index is 2.36. The summed E-state index contributed by atoms with van der Waals surface area (Å²) in [7, 11) is 0. The van der Waals surface area contributed by atoms with E-state index in [4.69, 9.17) is 0 Å². The first-order valence-corrected chi connectivity index (χ1v) is 10.7. The van der Waals surface area contributed by atoms with E-state index in [1.807, 2.05) is 0 Å². The first-order valence-electron chi connectivity index (χ1n) is 10.7. The molecule has 0 saturated heterocycles. The highest BCUT2D eigenvalue weighted by atomic mass is 14.3. The van der Waals surface area contributed by atoms with Crippen LogP contribution < -0.4 is 0 Å². The number of fused-ring (bicyclic) bond motifs is 2. The van der Waals surface area contributed by atoms with Crippen molar-refractivity contribution in [2.45, 2.75) is 0 Å². The summed E-state index contributed by atoms with van der Waals surface area (Å²) < 4.78 is 0. The molecular weight excluding hydrogens is 360 g/mol. The Morgan fingerprint density at radius 3 is 0.700 bits per heavy atom. The van der Waals surface area contributed by atoms with Crippen molar-refractivity contribution in [3.8, 4) is 0 Å². The molecule has 0 saturated carbocycles. The van der Waals surface area contributed by atoms with Crippen LogP contribution in [-0.4, -0.2) is 0 Å². The second-order valence-corrected chi connectivity index (χ2v) is 9.23. The highest BCUT2D eigenvalue weighted by molar-refractivity contribution is 6.58. The average molecular weight is 372 g/mol. The quantitative estimate of drug-likeness (QED) is 0.184. The molecule has 0 amide bonds. The number of benzene rings is 8. The van der Waals surface area contributed by atoms with Crippen LogP contribution in [0.4, 0.5) is 0 Å². The van der Waals surface area contributed by atoms with Crippen molar-refractivity contribution >= 4 is 97.0 Å². The van der Waals surface area contributed by atoms with Gasteiger partial charge < -0.3 is 0 Å². The summed E-state index contributed by atoms with van der Waals surface area (Å²) in [4.78, 5) is 0. The van der Waals surface area contributed by atoms with E-state index in [0.29, 0.717) is 0 Å². The lowest BCUT2D eigenvalue weighted by molar-refractivity contribution is 1.86. The van der Waals surface area contributed by atoms with Gasteiger partial charge in [-0.3, -0.25) is 0 Å². The van der Waals surface area contributed by atoms with Gasteiger partial charge in [-0.1, -0.05) is 72.8 Å². The molecule has 0 heterocycles. The fourth-order valence-electron chi connectivity index (χ4n) is 7.15. The summed E-state index contributed by atoms with van der Waals surface area (Å²) in [6, 6.07) is 28.0. The van der Waals surface area contributed by atoms with E-state index in [1.54, 1.807) is 0 Å². The molecule has 30 heavy (non-hydrogen) atoms. The molecule has 10 rings (SSSR count). The van der Waals surface area contributed by atoms with E-state index in [0.717, 1.165) is 0 Å². The lowest BCUT2D eigenvalue weighted by Gasteiger charge is -2.15. The van der Waals surface area contributed by atoms with Gasteiger partial charge in [-0.25, -0.2) is 0 Å². The Hall–Kier alpha value is -3.90. The van der Waals surface area contributed by atoms with Crippen LogP contribution in [0.15, 0.2) is 72.8 Å². The van der Waals surface area contributed by atoms with Crippen LogP contribution in [0.25, 0.3) is 97.0 Å². The van der Waals surface area contributed by atoms with E-state index in [9.17, 15) is 0 Å². The monoisotopic (exact) mass is 372 g/mol. The minimum atomic E-state index is 1.37. The fraction of sp³-hybridized carbons (Fsp3) is 0. The molecular formula is C30H12. The SMILES string of the molecule is c1cc2ccc3c4ccc5ccc6ccc7c8ccc1c1c2c3c2c4c5c6c7c2c81. The first kappa shape index (κ1) is 13.3. The van der Waals surface area contributed by atoms with Crippen molar-refractivity contribution in [2.24, 2.45) is 0 Å². The summed E-state index contributed by atoms with van der Waals surface area (Å²) in [5.41, 5.74) is 0. The van der Waals surface area contributed by atoms with Crippen LogP contribution in [0.3, 0.4) is 0 Å². The van der Waals surface area contributed by atoms with Gasteiger partial charge in [0.2, 0.25) is 0 Å². The molecule has 0 aliphatic carbocycles. The van der Waals surface area contributed by atoms with Crippen LogP contribution in [-0.2, 0) is 0 Å². The van der Waals surface area contributed by atoms with Crippen LogP contribution in [0.5, 0.6) is 0 Å². The number of hydrogen-bond acceptors (Lipinski definition) is 0. The Labute approximate surface area is 169 Å². The summed E-state index contributed by atoms with van der Waals surface area (Å²) in [5.74, 6) is 0. The molecule has 0 aliphatic rings. The number of hydrogen-bond donors (Lipinski definition) is 0. The smallest absolute Gasteiger partial charge is 0.0000483 e. The zero-order valence-corrected chi connectivity index (χ0v) is 15.9. The Morgan fingerprint density at radius 1 is 0.200 bits per heavy atom. The van der Waals surface area contributed by atoms with Gasteiger partial charge in [-0.05, 0) is 97.0 Å². The van der Waals surface area contributed by atoms with Crippen molar-refractivity contribution in [1.29, 1.82) is 0 Å². The Bertz CT molecular complexity index is 1930. The zero-order chi connectivity index (χ0) is 18.9. The number of rotatable bonds is 0. The predicted molar refractivity (Wildman–Crippen MR) is 131 cm³/mol. The first-order chi connectivity index (χ1) is 14.9. The predicted octanol–water partition coefficient (Wildman–Crippen LogP) is 8.69. The van der Waals surface area contributed by atoms with Crippen molar-refractivity contribution < 1.29 is 0 Å². The molecule has 0 unspecified atom stereocenters. The standard InChI is InChI=1S/C30H12/c1-2-14-6-10-18-20-12-8-16-4-3-15-7-11-19-17-9-5-13(1)21-22(14)26(18)30-28(20)24(16)23(15)27(19)29(30)25(17)21/h1-12H. The summed E-state index contributed by atoms with van der Waals surface area (Å²) in [6.45, 7) is 0. The molecule has 0 aliphatic heterocycles. The third-order valence-electron chi connectivity index (χ3n) is 8.17. The molecule has 0 spiro atoms. The Morgan fingerprint density at radius 2 is 0.433 bits per heavy atom. The maximum absolute atomic E-state index is 2.36. The van der Waals surface area contributed by atoms with Gasteiger partial charge in [0.15, 0.2) is 0 Å². The minimum absolute atomic E-state index is 1.37. The van der Waals surface area contributed by atoms with E-state index < -0.39 is 0 Å². The zero-order valence-electron chi connectivity index (χ0n) is 15.9. The summed E-state index contributed by atoms with van der Waals surface area (Å²) in [5, 5.41) is 26.0. The third kappa shape index (κ3) is 1.06. The van der Waals surface area contributed by atoms with Crippen LogP contribution in [0.1, 0.15) is 0 Å². The molecule has 0 atom stereocenters. The molecule has 0 fully saturated rings. The minimum Gasteiger partial charge on any atom is -0.0537 e. The molecule has 0 nitrogen and oxygen atoms in total. The Balaban J connectivity index is 1.87. The van der Waals surface area contributed by atoms with Crippen LogP contribution in [0.2, 0.25) is 0 Å². The molecule has 0 bridgehead atoms. The molecule has 0 radical (unpaired) electrons. The average Bonchev–Trinajstić information content (AvgIpc) is 3.32. The van der Waals surface area contributed by atoms with Gasteiger partial charge in [-0.15, -0.1) is 0 Å². The van der Waals surface area contributed by atoms with E-state index in [2.05, 4.69) is 72.8 Å². The molecule has 0 N–H and O–H groups in total. The second-order valence-electron chi connectivity index (χ2n) is 9.23. The fourth-order valence-corrected chi connectivity index (χ4v) is 7.15. The maximum Gasteiger partial charge on any atom is -0.0000483 e. The second kappa shape index (κ2) is 3.78. The van der Waals surface area contributed by atoms with Crippen molar-refractivity contribution in [3.05, 3.63) is 72.8 Å². The largest absolute Gasteiger partial charge is 0.0537 e. The third-order valence-corrected chi connectivity index (χ3v) is 8.17. The van der Waals surface area contributed by atoms with E-state index in [-0.39, 0.29) is 0 Å². The van der Waals surface area contributed by atoms with Crippen LogP contribution >= 0.6 is 0 Å². The molecule has 0 aromatic heterocycles. The van der Waals surface area contributed by atoms with Gasteiger partial charge in [0.1, 0.15) is 0 Å². The van der Waals surface area contributed by atoms with Crippen LogP contribution in [0, 0.1) is 0 Å². The molecule has 0 heteroatoms. The van der Waals surface area contributed by atoms with E-state index >= 15 is 0 Å². The van der Waals surface area contributed by atoms with Crippen molar-refractivity contribution in [2.75, 3.05) is 0 Å². The van der Waals surface area contributed by atoms with Gasteiger partial charge in [-0.2, -0.15) is 0 Å². The lowest BCUT2D eigenvalue weighted by Crippen LogP contribution is -1.86. The normalized spacial score (nSPS) is 14.0. The topological polar surface area (TPSA) is 0 Å². The molecule has 10 aromatic rings. The summed E-state index contributed by atoms with van der Waals surface area (Å²) in [6.07, 6.45) is 0. The highest BCUT2D eigenvalue weighted by Crippen LogP contribution is 2.57. The highest BCUT2D eigenvalue weighted by Gasteiger charge is 2.28. The van der Waals surface area contributed by atoms with Crippen molar-refractivity contribution in [3.63, 3.8) is 0 Å². The van der Waals surface area contributed by atoms with Gasteiger partial charge in [0, 0.05) is 0 Å². The Kier molecular flexibility index (Phi) is 1.68. The van der Waals surface area contributed by atoms with E-state index in [1.165, 1.54) is 97.0 Å². The van der Waals surface area contributed by atoms with Gasteiger partial charge in [0.25, 0.3) is 0 Å². The molecule has 132 valence electrons.